The van der Waals surface area contributed by atoms with Crippen molar-refractivity contribution in [2.24, 2.45) is 0 Å². The first-order valence-electron chi connectivity index (χ1n) is 4.67. The summed E-state index contributed by atoms with van der Waals surface area (Å²) >= 11 is 17.5. The molecule has 0 unspecified atom stereocenters. The molecule has 2 rings (SSSR count). The molecule has 0 amide bonds. The average Bonchev–Trinajstić information content (AvgIpc) is 2.68. The van der Waals surface area contributed by atoms with Gasteiger partial charge in [-0.1, -0.05) is 23.2 Å². The maximum atomic E-state index is 11.2. The van der Waals surface area contributed by atoms with Crippen LogP contribution in [-0.4, -0.2) is 15.6 Å². The van der Waals surface area contributed by atoms with Crippen molar-refractivity contribution in [2.45, 2.75) is 0 Å². The van der Waals surface area contributed by atoms with Crippen molar-refractivity contribution in [3.05, 3.63) is 48.2 Å². The van der Waals surface area contributed by atoms with Gasteiger partial charge in [0.05, 0.1) is 15.7 Å². The van der Waals surface area contributed by atoms with E-state index < -0.39 is 5.97 Å². The molecule has 0 aliphatic rings. The van der Waals surface area contributed by atoms with E-state index in [2.05, 4.69) is 15.9 Å². The fourth-order valence-corrected chi connectivity index (χ4v) is 2.93. The Labute approximate surface area is 135 Å². The summed E-state index contributed by atoms with van der Waals surface area (Å²) in [6.45, 7) is 0. The van der Waals surface area contributed by atoms with Crippen LogP contribution in [0.1, 0.15) is 10.5 Å². The standard InChI is InChI=1S/C11H5BrCl2INO2/c12-6-1-2-7(10(14)9(6)13)16-4-5(15)3-8(16)11(17)18/h1-4H,(H,17,18). The highest BCUT2D eigenvalue weighted by atomic mass is 127. The van der Waals surface area contributed by atoms with Crippen LogP contribution < -0.4 is 0 Å². The molecule has 0 fully saturated rings. The highest BCUT2D eigenvalue weighted by molar-refractivity contribution is 14.1. The average molecular weight is 461 g/mol. The van der Waals surface area contributed by atoms with Gasteiger partial charge in [0.15, 0.2) is 0 Å². The van der Waals surface area contributed by atoms with Crippen LogP contribution in [0.25, 0.3) is 5.69 Å². The fourth-order valence-electron chi connectivity index (χ4n) is 1.50. The highest BCUT2D eigenvalue weighted by Gasteiger charge is 2.17. The molecule has 0 aliphatic carbocycles. The normalized spacial score (nSPS) is 10.7. The van der Waals surface area contributed by atoms with Gasteiger partial charge in [-0.15, -0.1) is 0 Å². The summed E-state index contributed by atoms with van der Waals surface area (Å²) in [4.78, 5) is 11.2. The summed E-state index contributed by atoms with van der Waals surface area (Å²) in [7, 11) is 0. The zero-order valence-electron chi connectivity index (χ0n) is 8.62. The van der Waals surface area contributed by atoms with Crippen LogP contribution in [0.2, 0.25) is 10.0 Å². The third-order valence-corrected chi connectivity index (χ3v) is 4.63. The lowest BCUT2D eigenvalue weighted by Gasteiger charge is -2.10. The first kappa shape index (κ1) is 14.2. The topological polar surface area (TPSA) is 42.2 Å². The van der Waals surface area contributed by atoms with Crippen LogP contribution in [0.5, 0.6) is 0 Å². The first-order chi connectivity index (χ1) is 8.41. The van der Waals surface area contributed by atoms with Gasteiger partial charge in [-0.2, -0.15) is 0 Å². The number of carboxylic acids is 1. The van der Waals surface area contributed by atoms with Crippen LogP contribution >= 0.6 is 61.7 Å². The quantitative estimate of drug-likeness (QED) is 0.514. The molecule has 0 saturated carbocycles. The van der Waals surface area contributed by atoms with E-state index in [-0.39, 0.29) is 5.69 Å². The van der Waals surface area contributed by atoms with Crippen LogP contribution in [0.3, 0.4) is 0 Å². The maximum Gasteiger partial charge on any atom is 0.352 e. The number of halogens is 4. The lowest BCUT2D eigenvalue weighted by Crippen LogP contribution is -2.06. The Bertz CT molecular complexity index is 642. The minimum absolute atomic E-state index is 0.139. The summed E-state index contributed by atoms with van der Waals surface area (Å²) in [5.74, 6) is -1.02. The minimum atomic E-state index is -1.02. The second kappa shape index (κ2) is 5.40. The minimum Gasteiger partial charge on any atom is -0.477 e. The van der Waals surface area contributed by atoms with Gasteiger partial charge in [0.1, 0.15) is 5.69 Å². The Morgan fingerprint density at radius 1 is 1.33 bits per heavy atom. The van der Waals surface area contributed by atoms with Crippen LogP contribution in [-0.2, 0) is 0 Å². The number of hydrogen-bond acceptors (Lipinski definition) is 1. The number of aromatic nitrogens is 1. The molecule has 0 atom stereocenters. The van der Waals surface area contributed by atoms with Crippen molar-refractivity contribution in [1.29, 1.82) is 0 Å². The molecular formula is C11H5BrCl2INO2. The smallest absolute Gasteiger partial charge is 0.352 e. The van der Waals surface area contributed by atoms with E-state index >= 15 is 0 Å². The van der Waals surface area contributed by atoms with Crippen LogP contribution in [0.4, 0.5) is 0 Å². The zero-order valence-corrected chi connectivity index (χ0v) is 13.9. The van der Waals surface area contributed by atoms with Gasteiger partial charge >= 0.3 is 5.97 Å². The molecule has 3 nitrogen and oxygen atoms in total. The van der Waals surface area contributed by atoms with Gasteiger partial charge in [0.25, 0.3) is 0 Å². The molecule has 18 heavy (non-hydrogen) atoms. The van der Waals surface area contributed by atoms with Gasteiger partial charge < -0.3 is 9.67 Å². The van der Waals surface area contributed by atoms with Gasteiger partial charge in [-0.05, 0) is 56.7 Å². The van der Waals surface area contributed by atoms with Crippen molar-refractivity contribution in [3.8, 4) is 5.69 Å². The predicted molar refractivity (Wildman–Crippen MR) is 83.2 cm³/mol. The molecule has 0 saturated heterocycles. The Kier molecular flexibility index (Phi) is 4.25. The molecule has 94 valence electrons. The van der Waals surface area contributed by atoms with Gasteiger partial charge in [-0.3, -0.25) is 0 Å². The van der Waals surface area contributed by atoms with Crippen molar-refractivity contribution in [2.75, 3.05) is 0 Å². The molecule has 1 heterocycles. The third kappa shape index (κ3) is 2.54. The van der Waals surface area contributed by atoms with E-state index in [0.29, 0.717) is 20.2 Å². The highest BCUT2D eigenvalue weighted by Crippen LogP contribution is 2.35. The number of hydrogen-bond donors (Lipinski definition) is 1. The van der Waals surface area contributed by atoms with Gasteiger partial charge in [0, 0.05) is 14.2 Å². The van der Waals surface area contributed by atoms with Crippen LogP contribution in [0, 0.1) is 3.57 Å². The zero-order chi connectivity index (χ0) is 13.4. The molecule has 1 aromatic carbocycles. The molecule has 0 aliphatic heterocycles. The molecule has 0 bridgehead atoms. The lowest BCUT2D eigenvalue weighted by atomic mass is 10.3. The molecule has 0 radical (unpaired) electrons. The van der Waals surface area contributed by atoms with E-state index in [1.165, 1.54) is 4.57 Å². The van der Waals surface area contributed by atoms with E-state index in [9.17, 15) is 4.79 Å². The number of aromatic carboxylic acids is 1. The second-order valence-electron chi connectivity index (χ2n) is 3.41. The molecule has 1 N–H and O–H groups in total. The van der Waals surface area contributed by atoms with E-state index in [1.54, 1.807) is 24.4 Å². The summed E-state index contributed by atoms with van der Waals surface area (Å²) in [6, 6.07) is 5.00. The first-order valence-corrected chi connectivity index (χ1v) is 7.29. The predicted octanol–water partition coefficient (Wildman–Crippen LogP) is 4.85. The van der Waals surface area contributed by atoms with Crippen molar-refractivity contribution in [1.82, 2.24) is 4.57 Å². The number of nitrogens with zero attached hydrogens (tertiary/aromatic N) is 1. The van der Waals surface area contributed by atoms with E-state index in [1.807, 2.05) is 22.6 Å². The Balaban J connectivity index is 2.70. The van der Waals surface area contributed by atoms with Crippen molar-refractivity contribution < 1.29 is 9.90 Å². The van der Waals surface area contributed by atoms with E-state index in [0.717, 1.165) is 3.57 Å². The number of benzene rings is 1. The third-order valence-electron chi connectivity index (χ3n) is 2.28. The van der Waals surface area contributed by atoms with Gasteiger partial charge in [0.2, 0.25) is 0 Å². The van der Waals surface area contributed by atoms with Gasteiger partial charge in [-0.25, -0.2) is 4.79 Å². The summed E-state index contributed by atoms with van der Waals surface area (Å²) in [6.07, 6.45) is 1.69. The van der Waals surface area contributed by atoms with Crippen LogP contribution in [0.15, 0.2) is 28.9 Å². The fraction of sp³-hybridized carbons (Fsp3) is 0. The molecule has 0 spiro atoms. The summed E-state index contributed by atoms with van der Waals surface area (Å²) in [5, 5.41) is 9.81. The second-order valence-corrected chi connectivity index (χ2v) is 6.27. The Morgan fingerprint density at radius 2 is 2.00 bits per heavy atom. The SMILES string of the molecule is O=C(O)c1cc(I)cn1-c1ccc(Br)c(Cl)c1Cl. The summed E-state index contributed by atoms with van der Waals surface area (Å²) in [5.41, 5.74) is 0.671. The van der Waals surface area contributed by atoms with E-state index in [4.69, 9.17) is 28.3 Å². The van der Waals surface area contributed by atoms with Crippen molar-refractivity contribution >= 4 is 67.7 Å². The monoisotopic (exact) mass is 459 g/mol. The number of rotatable bonds is 2. The molecule has 2 aromatic rings. The maximum absolute atomic E-state index is 11.2. The molecular weight excluding hydrogens is 456 g/mol. The summed E-state index contributed by atoms with van der Waals surface area (Å²) < 4.78 is 2.97. The Hall–Kier alpha value is -0.240. The molecule has 7 heteroatoms. The Morgan fingerprint density at radius 3 is 2.61 bits per heavy atom. The van der Waals surface area contributed by atoms with Crippen molar-refractivity contribution in [3.63, 3.8) is 0 Å². The lowest BCUT2D eigenvalue weighted by molar-refractivity contribution is 0.0688. The largest absolute Gasteiger partial charge is 0.477 e. The number of carbonyl (C=O) groups is 1. The molecule has 1 aromatic heterocycles. The number of carboxylic acid groups (broad SMARTS) is 1.